The second-order valence-corrected chi connectivity index (χ2v) is 1.46. The number of rotatable bonds is 3. The molecule has 42 valence electrons. The van der Waals surface area contributed by atoms with Crippen LogP contribution in [0.4, 0.5) is 0 Å². The highest BCUT2D eigenvalue weighted by molar-refractivity contribution is 7.17. The highest BCUT2D eigenvalue weighted by atomic mass is 35.5. The van der Waals surface area contributed by atoms with Crippen LogP contribution in [0.3, 0.4) is 0 Å². The molecule has 0 aliphatic rings. The van der Waals surface area contributed by atoms with E-state index in [0.29, 0.717) is 0 Å². The highest BCUT2D eigenvalue weighted by Crippen LogP contribution is 2.00. The lowest BCUT2D eigenvalue weighted by molar-refractivity contribution is 0.0132. The maximum Gasteiger partial charge on any atom is 0.329 e. The molecule has 7 heavy (non-hydrogen) atoms. The smallest absolute Gasteiger partial charge is 0.329 e. The lowest BCUT2D eigenvalue weighted by Crippen LogP contribution is -2.06. The van der Waals surface area contributed by atoms with Crippen molar-refractivity contribution in [2.24, 2.45) is 0 Å². The molecule has 0 aromatic carbocycles. The fourth-order valence-corrected chi connectivity index (χ4v) is 0.403. The third kappa shape index (κ3) is 4.16. The fraction of sp³-hybridized carbons (Fsp3) is 1.00. The van der Waals surface area contributed by atoms with Crippen molar-refractivity contribution in [3.8, 4) is 0 Å². The van der Waals surface area contributed by atoms with E-state index in [1.54, 1.807) is 0 Å². The molecule has 0 aliphatic carbocycles. The van der Waals surface area contributed by atoms with E-state index in [1.807, 2.05) is 0 Å². The van der Waals surface area contributed by atoms with Gasteiger partial charge in [0, 0.05) is 0 Å². The summed E-state index contributed by atoms with van der Waals surface area (Å²) < 4.78 is 13.5. The zero-order valence-electron chi connectivity index (χ0n) is 3.37. The first-order valence-corrected chi connectivity index (χ1v) is 2.80. The van der Waals surface area contributed by atoms with E-state index in [1.165, 1.54) is 0 Å². The van der Waals surface area contributed by atoms with E-state index in [-0.39, 0.29) is 5.88 Å². The first-order chi connectivity index (χ1) is 3.31. The Morgan fingerprint density at radius 2 is 2.57 bits per heavy atom. The number of aliphatic hydroxyl groups excluding tert-OH is 1. The molecular formula is C2H4ClO3P. The zero-order chi connectivity index (χ0) is 5.70. The van der Waals surface area contributed by atoms with Crippen LogP contribution < -0.4 is 0 Å². The molecule has 0 aromatic heterocycles. The molecule has 1 N–H and O–H groups in total. The minimum Gasteiger partial charge on any atom is -0.366 e. The molecule has 1 atom stereocenters. The average molecular weight is 142 g/mol. The van der Waals surface area contributed by atoms with Gasteiger partial charge < -0.3 is 5.11 Å². The van der Waals surface area contributed by atoms with Crippen LogP contribution in [-0.4, -0.2) is 17.3 Å². The van der Waals surface area contributed by atoms with E-state index >= 15 is 0 Å². The standard InChI is InChI=1S/C2H4ClO3P/c3-1-2(4)6-7-5/h2,4H,1H2. The molecule has 5 heteroatoms. The minimum atomic E-state index is -1.11. The molecule has 0 aliphatic heterocycles. The van der Waals surface area contributed by atoms with Crippen LogP contribution in [0.15, 0.2) is 0 Å². The molecule has 0 rings (SSSR count). The van der Waals surface area contributed by atoms with Crippen molar-refractivity contribution < 1.29 is 14.2 Å². The van der Waals surface area contributed by atoms with Gasteiger partial charge in [0.1, 0.15) is 0 Å². The summed E-state index contributed by atoms with van der Waals surface area (Å²) >= 11 is 5.01. The van der Waals surface area contributed by atoms with Crippen molar-refractivity contribution in [2.75, 3.05) is 5.88 Å². The summed E-state index contributed by atoms with van der Waals surface area (Å²) in [5, 5.41) is 8.30. The van der Waals surface area contributed by atoms with Crippen LogP contribution >= 0.6 is 20.3 Å². The van der Waals surface area contributed by atoms with E-state index in [9.17, 15) is 4.57 Å². The van der Waals surface area contributed by atoms with Crippen molar-refractivity contribution in [3.63, 3.8) is 0 Å². The number of hydrogen-bond acceptors (Lipinski definition) is 3. The van der Waals surface area contributed by atoms with E-state index in [0.717, 1.165) is 0 Å². The molecule has 0 aromatic rings. The maximum atomic E-state index is 9.43. The average Bonchev–Trinajstić information content (AvgIpc) is 1.68. The minimum absolute atomic E-state index is 0.0603. The van der Waals surface area contributed by atoms with Crippen molar-refractivity contribution in [1.82, 2.24) is 0 Å². The predicted molar refractivity (Wildman–Crippen MR) is 25.4 cm³/mol. The van der Waals surface area contributed by atoms with Gasteiger partial charge in [0.05, 0.1) is 5.88 Å². The summed E-state index contributed by atoms with van der Waals surface area (Å²) in [6.07, 6.45) is -1.11. The number of aliphatic hydroxyl groups is 1. The zero-order valence-corrected chi connectivity index (χ0v) is 5.02. The van der Waals surface area contributed by atoms with Gasteiger partial charge in [0.25, 0.3) is 0 Å². The SMILES string of the molecule is O=POC(O)CCl. The van der Waals surface area contributed by atoms with E-state index in [4.69, 9.17) is 16.7 Å². The second-order valence-electron chi connectivity index (χ2n) is 0.789. The summed E-state index contributed by atoms with van der Waals surface area (Å²) in [4.78, 5) is 0. The highest BCUT2D eigenvalue weighted by Gasteiger charge is 1.97. The molecule has 0 fully saturated rings. The molecule has 0 spiro atoms. The van der Waals surface area contributed by atoms with Gasteiger partial charge in [0.15, 0.2) is 6.29 Å². The van der Waals surface area contributed by atoms with Crippen LogP contribution in [0.5, 0.6) is 0 Å². The second kappa shape index (κ2) is 4.47. The number of halogens is 1. The quantitative estimate of drug-likeness (QED) is 0.360. The third-order valence-electron chi connectivity index (χ3n) is 0.297. The Hall–Kier alpha value is 0.310. The summed E-state index contributed by atoms with van der Waals surface area (Å²) in [7, 11) is -0.545. The Morgan fingerprint density at radius 1 is 2.00 bits per heavy atom. The number of alkyl halides is 1. The van der Waals surface area contributed by atoms with Gasteiger partial charge in [-0.05, 0) is 0 Å². The maximum absolute atomic E-state index is 9.43. The van der Waals surface area contributed by atoms with Gasteiger partial charge in [-0.2, -0.15) is 0 Å². The van der Waals surface area contributed by atoms with Crippen LogP contribution in [0.25, 0.3) is 0 Å². The summed E-state index contributed by atoms with van der Waals surface area (Å²) in [6, 6.07) is 0. The molecule has 0 heterocycles. The van der Waals surface area contributed by atoms with Crippen molar-refractivity contribution in [2.45, 2.75) is 6.29 Å². The molecule has 0 saturated carbocycles. The van der Waals surface area contributed by atoms with Gasteiger partial charge in [-0.1, -0.05) is 0 Å². The number of hydrogen-bond donors (Lipinski definition) is 1. The first kappa shape index (κ1) is 7.31. The monoisotopic (exact) mass is 142 g/mol. The van der Waals surface area contributed by atoms with Crippen LogP contribution in [0.2, 0.25) is 0 Å². The Labute approximate surface area is 47.5 Å². The summed E-state index contributed by atoms with van der Waals surface area (Å²) in [6.45, 7) is 0. The van der Waals surface area contributed by atoms with Crippen molar-refractivity contribution in [3.05, 3.63) is 0 Å². The third-order valence-corrected chi connectivity index (χ3v) is 0.890. The normalized spacial score (nSPS) is 14.6. The van der Waals surface area contributed by atoms with Gasteiger partial charge in [0.2, 0.25) is 0 Å². The van der Waals surface area contributed by atoms with Gasteiger partial charge >= 0.3 is 8.69 Å². The largest absolute Gasteiger partial charge is 0.366 e. The summed E-state index contributed by atoms with van der Waals surface area (Å²) in [5.41, 5.74) is 0. The Balaban J connectivity index is 2.98. The van der Waals surface area contributed by atoms with Crippen LogP contribution in [-0.2, 0) is 9.09 Å². The lowest BCUT2D eigenvalue weighted by atomic mass is 10.8. The Bertz CT molecular complexity index is 58.9. The van der Waals surface area contributed by atoms with Crippen molar-refractivity contribution in [1.29, 1.82) is 0 Å². The van der Waals surface area contributed by atoms with Crippen LogP contribution in [0, 0.1) is 0 Å². The van der Waals surface area contributed by atoms with E-state index < -0.39 is 15.0 Å². The van der Waals surface area contributed by atoms with E-state index in [2.05, 4.69) is 4.52 Å². The fourth-order valence-electron chi connectivity index (χ4n) is 0.0778. The van der Waals surface area contributed by atoms with Crippen LogP contribution in [0.1, 0.15) is 0 Å². The lowest BCUT2D eigenvalue weighted by Gasteiger charge is -1.96. The predicted octanol–water partition coefficient (Wildman–Crippen LogP) is 0.767. The van der Waals surface area contributed by atoms with Gasteiger partial charge in [-0.15, -0.1) is 11.6 Å². The Kier molecular flexibility index (Phi) is 4.67. The van der Waals surface area contributed by atoms with Gasteiger partial charge in [-0.3, -0.25) is 4.52 Å². The van der Waals surface area contributed by atoms with Gasteiger partial charge in [-0.25, -0.2) is 4.57 Å². The topological polar surface area (TPSA) is 46.5 Å². The van der Waals surface area contributed by atoms with Crippen molar-refractivity contribution >= 4 is 20.3 Å². The molecule has 3 nitrogen and oxygen atoms in total. The summed E-state index contributed by atoms with van der Waals surface area (Å²) in [5.74, 6) is -0.0603. The Morgan fingerprint density at radius 3 is 2.71 bits per heavy atom. The molecular weight excluding hydrogens is 138 g/mol. The molecule has 1 unspecified atom stereocenters. The molecule has 0 radical (unpaired) electrons. The first-order valence-electron chi connectivity index (χ1n) is 1.53. The molecule has 0 saturated heterocycles. The molecule has 0 amide bonds. The molecule has 0 bridgehead atoms.